The van der Waals surface area contributed by atoms with Gasteiger partial charge >= 0.3 is 0 Å². The highest BCUT2D eigenvalue weighted by Gasteiger charge is 2.16. The second-order valence-corrected chi connectivity index (χ2v) is 6.33. The predicted octanol–water partition coefficient (Wildman–Crippen LogP) is 4.49. The predicted molar refractivity (Wildman–Crippen MR) is 80.0 cm³/mol. The van der Waals surface area contributed by atoms with Crippen molar-refractivity contribution in [3.05, 3.63) is 27.7 Å². The number of benzene rings is 1. The van der Waals surface area contributed by atoms with Crippen molar-refractivity contribution in [2.45, 2.75) is 25.7 Å². The van der Waals surface area contributed by atoms with Crippen LogP contribution in [0.5, 0.6) is 0 Å². The normalized spacial score (nSPS) is 10.8. The highest BCUT2D eigenvalue weighted by Crippen LogP contribution is 2.35. The number of carbonyl (C=O) groups excluding carboxylic acids is 1. The molecule has 0 saturated heterocycles. The van der Waals surface area contributed by atoms with Gasteiger partial charge in [-0.15, -0.1) is 11.8 Å². The molecule has 100 valence electrons. The summed E-state index contributed by atoms with van der Waals surface area (Å²) in [7, 11) is 0. The lowest BCUT2D eigenvalue weighted by molar-refractivity contribution is 0.0946. The molecule has 0 aromatic heterocycles. The van der Waals surface area contributed by atoms with Gasteiger partial charge in [0.15, 0.2) is 0 Å². The van der Waals surface area contributed by atoms with Crippen LogP contribution in [-0.2, 0) is 0 Å². The SMILES string of the molecule is CCSc1c(C(=O)NCC(C)C)ccc(Cl)c1Cl. The lowest BCUT2D eigenvalue weighted by atomic mass is 10.2. The Balaban J connectivity index is 3.00. The Bertz CT molecular complexity index is 435. The summed E-state index contributed by atoms with van der Waals surface area (Å²) in [5.41, 5.74) is 0.594. The van der Waals surface area contributed by atoms with Crippen molar-refractivity contribution in [3.8, 4) is 0 Å². The molecule has 0 aliphatic rings. The Kier molecular flexibility index (Phi) is 6.33. The fraction of sp³-hybridized carbons (Fsp3) is 0.462. The molecule has 1 N–H and O–H groups in total. The average molecular weight is 306 g/mol. The molecule has 0 unspecified atom stereocenters. The summed E-state index contributed by atoms with van der Waals surface area (Å²) in [6.45, 7) is 6.76. The minimum absolute atomic E-state index is 0.0989. The van der Waals surface area contributed by atoms with E-state index in [1.165, 1.54) is 11.8 Å². The summed E-state index contributed by atoms with van der Waals surface area (Å²) in [5, 5.41) is 3.83. The first-order valence-corrected chi connectivity index (χ1v) is 7.60. The molecular formula is C13H17Cl2NOS. The lowest BCUT2D eigenvalue weighted by Crippen LogP contribution is -2.27. The molecule has 0 bridgehead atoms. The first kappa shape index (κ1) is 15.7. The monoisotopic (exact) mass is 305 g/mol. The van der Waals surface area contributed by atoms with Crippen LogP contribution in [0.2, 0.25) is 10.0 Å². The number of hydrogen-bond acceptors (Lipinski definition) is 2. The topological polar surface area (TPSA) is 29.1 Å². The van der Waals surface area contributed by atoms with Gasteiger partial charge in [-0.05, 0) is 23.8 Å². The third-order valence-electron chi connectivity index (χ3n) is 2.25. The summed E-state index contributed by atoms with van der Waals surface area (Å²) in [4.78, 5) is 12.8. The van der Waals surface area contributed by atoms with Crippen LogP contribution in [0.25, 0.3) is 0 Å². The molecule has 1 aromatic rings. The van der Waals surface area contributed by atoms with Crippen LogP contribution in [0.3, 0.4) is 0 Å². The molecule has 0 saturated carbocycles. The molecule has 0 spiro atoms. The smallest absolute Gasteiger partial charge is 0.252 e. The minimum atomic E-state index is -0.0989. The van der Waals surface area contributed by atoms with Crippen molar-refractivity contribution in [2.75, 3.05) is 12.3 Å². The Morgan fingerprint density at radius 2 is 2.06 bits per heavy atom. The van der Waals surface area contributed by atoms with E-state index in [1.54, 1.807) is 12.1 Å². The third kappa shape index (κ3) is 4.08. The standard InChI is InChI=1S/C13H17Cl2NOS/c1-4-18-12-9(5-6-10(14)11(12)15)13(17)16-7-8(2)3/h5-6,8H,4,7H2,1-3H3,(H,16,17). The number of thioether (sulfide) groups is 1. The first-order valence-electron chi connectivity index (χ1n) is 5.86. The van der Waals surface area contributed by atoms with E-state index in [4.69, 9.17) is 23.2 Å². The summed E-state index contributed by atoms with van der Waals surface area (Å²) < 4.78 is 0. The molecule has 5 heteroatoms. The molecule has 0 aliphatic heterocycles. The second-order valence-electron chi connectivity index (χ2n) is 4.27. The minimum Gasteiger partial charge on any atom is -0.352 e. The van der Waals surface area contributed by atoms with Gasteiger partial charge in [0.25, 0.3) is 5.91 Å². The summed E-state index contributed by atoms with van der Waals surface area (Å²) in [5.74, 6) is 1.15. The summed E-state index contributed by atoms with van der Waals surface area (Å²) in [6.07, 6.45) is 0. The maximum atomic E-state index is 12.1. The summed E-state index contributed by atoms with van der Waals surface area (Å²) >= 11 is 13.7. The molecule has 18 heavy (non-hydrogen) atoms. The number of rotatable bonds is 5. The van der Waals surface area contributed by atoms with Gasteiger partial charge in [-0.2, -0.15) is 0 Å². The van der Waals surface area contributed by atoms with Gasteiger partial charge in [0.1, 0.15) is 0 Å². The molecule has 0 atom stereocenters. The zero-order valence-corrected chi connectivity index (χ0v) is 13.0. The Morgan fingerprint density at radius 1 is 1.39 bits per heavy atom. The Morgan fingerprint density at radius 3 is 2.61 bits per heavy atom. The van der Waals surface area contributed by atoms with Crippen LogP contribution in [-0.4, -0.2) is 18.2 Å². The van der Waals surface area contributed by atoms with Crippen molar-refractivity contribution in [2.24, 2.45) is 5.92 Å². The van der Waals surface area contributed by atoms with Crippen LogP contribution in [0.4, 0.5) is 0 Å². The third-order valence-corrected chi connectivity index (χ3v) is 4.17. The van der Waals surface area contributed by atoms with E-state index in [0.29, 0.717) is 28.1 Å². The van der Waals surface area contributed by atoms with Crippen LogP contribution < -0.4 is 5.32 Å². The van der Waals surface area contributed by atoms with Gasteiger partial charge in [-0.25, -0.2) is 0 Å². The highest BCUT2D eigenvalue weighted by atomic mass is 35.5. The van der Waals surface area contributed by atoms with Gasteiger partial charge < -0.3 is 5.32 Å². The zero-order valence-electron chi connectivity index (χ0n) is 10.7. The molecule has 1 amide bonds. The first-order chi connectivity index (χ1) is 8.47. The molecule has 0 heterocycles. The Labute approximate surface area is 122 Å². The van der Waals surface area contributed by atoms with E-state index in [1.807, 2.05) is 6.92 Å². The van der Waals surface area contributed by atoms with E-state index in [0.717, 1.165) is 10.6 Å². The number of halogens is 2. The van der Waals surface area contributed by atoms with Crippen molar-refractivity contribution in [3.63, 3.8) is 0 Å². The van der Waals surface area contributed by atoms with Crippen molar-refractivity contribution in [1.82, 2.24) is 5.32 Å². The van der Waals surface area contributed by atoms with Crippen LogP contribution in [0.1, 0.15) is 31.1 Å². The number of amides is 1. The number of nitrogens with one attached hydrogen (secondary N) is 1. The highest BCUT2D eigenvalue weighted by molar-refractivity contribution is 7.99. The van der Waals surface area contributed by atoms with Crippen LogP contribution in [0, 0.1) is 5.92 Å². The number of carbonyl (C=O) groups is 1. The molecule has 0 aliphatic carbocycles. The molecule has 1 rings (SSSR count). The largest absolute Gasteiger partial charge is 0.352 e. The van der Waals surface area contributed by atoms with Gasteiger partial charge in [0.05, 0.1) is 15.6 Å². The maximum absolute atomic E-state index is 12.1. The molecule has 1 aromatic carbocycles. The van der Waals surface area contributed by atoms with Crippen molar-refractivity contribution >= 4 is 40.9 Å². The number of hydrogen-bond donors (Lipinski definition) is 1. The van der Waals surface area contributed by atoms with Crippen LogP contribution in [0.15, 0.2) is 17.0 Å². The fourth-order valence-electron chi connectivity index (χ4n) is 1.39. The Hall–Kier alpha value is -0.380. The van der Waals surface area contributed by atoms with Gasteiger partial charge in [0.2, 0.25) is 0 Å². The quantitative estimate of drug-likeness (QED) is 0.812. The molecule has 0 fully saturated rings. The van der Waals surface area contributed by atoms with E-state index >= 15 is 0 Å². The van der Waals surface area contributed by atoms with E-state index in [-0.39, 0.29) is 5.91 Å². The average Bonchev–Trinajstić information content (AvgIpc) is 2.32. The van der Waals surface area contributed by atoms with E-state index in [9.17, 15) is 4.79 Å². The van der Waals surface area contributed by atoms with Crippen LogP contribution >= 0.6 is 35.0 Å². The molecular weight excluding hydrogens is 289 g/mol. The van der Waals surface area contributed by atoms with E-state index in [2.05, 4.69) is 19.2 Å². The zero-order chi connectivity index (χ0) is 13.7. The van der Waals surface area contributed by atoms with Gasteiger partial charge in [-0.3, -0.25) is 4.79 Å². The second kappa shape index (κ2) is 7.27. The van der Waals surface area contributed by atoms with Crippen molar-refractivity contribution in [1.29, 1.82) is 0 Å². The summed E-state index contributed by atoms with van der Waals surface area (Å²) in [6, 6.07) is 3.38. The maximum Gasteiger partial charge on any atom is 0.252 e. The van der Waals surface area contributed by atoms with Gasteiger partial charge in [0, 0.05) is 11.4 Å². The van der Waals surface area contributed by atoms with Crippen molar-refractivity contribution < 1.29 is 4.79 Å². The molecule has 0 radical (unpaired) electrons. The van der Waals surface area contributed by atoms with Gasteiger partial charge in [-0.1, -0.05) is 44.0 Å². The van der Waals surface area contributed by atoms with E-state index < -0.39 is 0 Å². The fourth-order valence-corrected chi connectivity index (χ4v) is 2.77. The lowest BCUT2D eigenvalue weighted by Gasteiger charge is -2.13. The molecule has 2 nitrogen and oxygen atoms in total.